The topological polar surface area (TPSA) is 112 Å². The summed E-state index contributed by atoms with van der Waals surface area (Å²) in [5.74, 6) is 1.15. The molecule has 1 heterocycles. The van der Waals surface area contributed by atoms with Crippen molar-refractivity contribution in [2.45, 2.75) is 51.4 Å². The van der Waals surface area contributed by atoms with E-state index >= 15 is 0 Å². The standard InChI is InChI=1S/C24H29N5O3S/c1-5-29-23(16(4)32-18-12-10-17(11-13-18)15(2)3)27-28-24(29)33-14-21(30)26-20-9-7-6-8-19(20)22(25)31/h6-13,15-16H,5,14H2,1-4H3,(H2,25,31)(H,26,30). The summed E-state index contributed by atoms with van der Waals surface area (Å²) < 4.78 is 8.01. The second-order valence-corrected chi connectivity index (χ2v) is 8.76. The van der Waals surface area contributed by atoms with E-state index < -0.39 is 5.91 Å². The number of hydrogen-bond acceptors (Lipinski definition) is 6. The molecule has 1 unspecified atom stereocenters. The highest BCUT2D eigenvalue weighted by Gasteiger charge is 2.20. The van der Waals surface area contributed by atoms with Gasteiger partial charge in [-0.05, 0) is 49.6 Å². The molecule has 2 aromatic carbocycles. The summed E-state index contributed by atoms with van der Waals surface area (Å²) >= 11 is 1.27. The Labute approximate surface area is 197 Å². The second kappa shape index (κ2) is 11.0. The summed E-state index contributed by atoms with van der Waals surface area (Å²) in [5, 5.41) is 11.9. The number of rotatable bonds is 10. The Balaban J connectivity index is 1.64. The lowest BCUT2D eigenvalue weighted by atomic mass is 10.0. The Kier molecular flexibility index (Phi) is 8.11. The fourth-order valence-corrected chi connectivity index (χ4v) is 4.13. The molecule has 9 heteroatoms. The first-order valence-electron chi connectivity index (χ1n) is 10.8. The van der Waals surface area contributed by atoms with Gasteiger partial charge in [-0.15, -0.1) is 10.2 Å². The van der Waals surface area contributed by atoms with Crippen LogP contribution in [0.2, 0.25) is 0 Å². The van der Waals surface area contributed by atoms with E-state index in [1.807, 2.05) is 30.5 Å². The summed E-state index contributed by atoms with van der Waals surface area (Å²) in [6.45, 7) is 8.85. The predicted octanol–water partition coefficient (Wildman–Crippen LogP) is 4.39. The fraction of sp³-hybridized carbons (Fsp3) is 0.333. The lowest BCUT2D eigenvalue weighted by molar-refractivity contribution is -0.113. The van der Waals surface area contributed by atoms with E-state index in [9.17, 15) is 9.59 Å². The van der Waals surface area contributed by atoms with E-state index in [1.54, 1.807) is 24.3 Å². The Bertz CT molecular complexity index is 1110. The van der Waals surface area contributed by atoms with Crippen LogP contribution in [0.3, 0.4) is 0 Å². The average molecular weight is 468 g/mol. The molecule has 0 spiro atoms. The van der Waals surface area contributed by atoms with Gasteiger partial charge in [0.15, 0.2) is 17.1 Å². The molecular formula is C24H29N5O3S. The van der Waals surface area contributed by atoms with Crippen LogP contribution in [0, 0.1) is 0 Å². The number of ether oxygens (including phenoxy) is 1. The zero-order valence-electron chi connectivity index (χ0n) is 19.2. The van der Waals surface area contributed by atoms with Gasteiger partial charge in [-0.3, -0.25) is 9.59 Å². The van der Waals surface area contributed by atoms with E-state index in [1.165, 1.54) is 17.3 Å². The van der Waals surface area contributed by atoms with Crippen LogP contribution in [0.25, 0.3) is 0 Å². The number of anilines is 1. The summed E-state index contributed by atoms with van der Waals surface area (Å²) in [6, 6.07) is 14.7. The first-order valence-corrected chi connectivity index (χ1v) is 11.8. The zero-order valence-corrected chi connectivity index (χ0v) is 20.1. The third-order valence-electron chi connectivity index (χ3n) is 5.08. The van der Waals surface area contributed by atoms with Crippen LogP contribution < -0.4 is 15.8 Å². The van der Waals surface area contributed by atoms with Crippen LogP contribution in [0.5, 0.6) is 5.75 Å². The number of aromatic nitrogens is 3. The lowest BCUT2D eigenvalue weighted by Gasteiger charge is -2.16. The molecular weight excluding hydrogens is 438 g/mol. The van der Waals surface area contributed by atoms with Crippen LogP contribution in [0.15, 0.2) is 53.7 Å². The van der Waals surface area contributed by atoms with Gasteiger partial charge in [-0.2, -0.15) is 0 Å². The number of benzene rings is 2. The minimum Gasteiger partial charge on any atom is -0.483 e. The van der Waals surface area contributed by atoms with Gasteiger partial charge in [0, 0.05) is 6.54 Å². The third-order valence-corrected chi connectivity index (χ3v) is 6.05. The van der Waals surface area contributed by atoms with Crippen molar-refractivity contribution in [3.63, 3.8) is 0 Å². The molecule has 0 aliphatic carbocycles. The van der Waals surface area contributed by atoms with Crippen molar-refractivity contribution in [1.29, 1.82) is 0 Å². The number of thioether (sulfide) groups is 1. The number of hydrogen-bond donors (Lipinski definition) is 2. The Hall–Kier alpha value is -3.33. The summed E-state index contributed by atoms with van der Waals surface area (Å²) in [6.07, 6.45) is -0.312. The van der Waals surface area contributed by atoms with Gasteiger partial charge in [-0.25, -0.2) is 0 Å². The van der Waals surface area contributed by atoms with Crippen LogP contribution in [0.1, 0.15) is 61.5 Å². The Morgan fingerprint density at radius 3 is 2.42 bits per heavy atom. The van der Waals surface area contributed by atoms with Crippen molar-refractivity contribution >= 4 is 29.3 Å². The van der Waals surface area contributed by atoms with Crippen molar-refractivity contribution in [2.24, 2.45) is 5.73 Å². The fourth-order valence-electron chi connectivity index (χ4n) is 3.32. The van der Waals surface area contributed by atoms with E-state index in [-0.39, 0.29) is 23.3 Å². The van der Waals surface area contributed by atoms with Crippen molar-refractivity contribution in [3.05, 3.63) is 65.5 Å². The van der Waals surface area contributed by atoms with Gasteiger partial charge in [0.05, 0.1) is 17.0 Å². The average Bonchev–Trinajstić information content (AvgIpc) is 3.21. The van der Waals surface area contributed by atoms with Crippen molar-refractivity contribution < 1.29 is 14.3 Å². The first kappa shape index (κ1) is 24.3. The normalized spacial score (nSPS) is 11.9. The molecule has 0 aliphatic heterocycles. The van der Waals surface area contributed by atoms with E-state index in [4.69, 9.17) is 10.5 Å². The molecule has 0 aliphatic rings. The van der Waals surface area contributed by atoms with E-state index in [0.29, 0.717) is 29.1 Å². The SMILES string of the molecule is CCn1c(SCC(=O)Nc2ccccc2C(N)=O)nnc1C(C)Oc1ccc(C(C)C)cc1. The van der Waals surface area contributed by atoms with Crippen LogP contribution in [-0.4, -0.2) is 32.3 Å². The molecule has 2 amide bonds. The molecule has 0 fully saturated rings. The first-order chi connectivity index (χ1) is 15.8. The molecule has 0 radical (unpaired) electrons. The van der Waals surface area contributed by atoms with Crippen molar-refractivity contribution in [3.8, 4) is 5.75 Å². The van der Waals surface area contributed by atoms with Crippen molar-refractivity contribution in [2.75, 3.05) is 11.1 Å². The minimum absolute atomic E-state index is 0.108. The van der Waals surface area contributed by atoms with Gasteiger partial charge in [0.25, 0.3) is 5.91 Å². The minimum atomic E-state index is -0.596. The Morgan fingerprint density at radius 1 is 1.09 bits per heavy atom. The number of nitrogens with one attached hydrogen (secondary N) is 1. The summed E-state index contributed by atoms with van der Waals surface area (Å²) in [4.78, 5) is 24.0. The third kappa shape index (κ3) is 6.13. The van der Waals surface area contributed by atoms with Gasteiger partial charge in [0.1, 0.15) is 5.75 Å². The maximum atomic E-state index is 12.5. The predicted molar refractivity (Wildman–Crippen MR) is 130 cm³/mol. The number of para-hydroxylation sites is 1. The highest BCUT2D eigenvalue weighted by molar-refractivity contribution is 7.99. The smallest absolute Gasteiger partial charge is 0.250 e. The van der Waals surface area contributed by atoms with Gasteiger partial charge in [-0.1, -0.05) is 49.9 Å². The van der Waals surface area contributed by atoms with Gasteiger partial charge < -0.3 is 20.4 Å². The molecule has 0 saturated carbocycles. The molecule has 8 nitrogen and oxygen atoms in total. The number of amides is 2. The quantitative estimate of drug-likeness (QED) is 0.428. The maximum Gasteiger partial charge on any atom is 0.250 e. The molecule has 3 aromatic rings. The van der Waals surface area contributed by atoms with E-state index in [2.05, 4.69) is 41.5 Å². The molecule has 3 N–H and O–H groups in total. The van der Waals surface area contributed by atoms with Gasteiger partial charge in [0.2, 0.25) is 5.91 Å². The Morgan fingerprint density at radius 2 is 1.79 bits per heavy atom. The zero-order chi connectivity index (χ0) is 24.0. The highest BCUT2D eigenvalue weighted by Crippen LogP contribution is 2.26. The molecule has 33 heavy (non-hydrogen) atoms. The molecule has 0 saturated heterocycles. The molecule has 174 valence electrons. The largest absolute Gasteiger partial charge is 0.483 e. The number of nitrogens with two attached hydrogens (primary N) is 1. The number of carbonyl (C=O) groups excluding carboxylic acids is 2. The number of carbonyl (C=O) groups is 2. The van der Waals surface area contributed by atoms with Crippen LogP contribution in [-0.2, 0) is 11.3 Å². The second-order valence-electron chi connectivity index (χ2n) is 7.82. The number of primary amides is 1. The summed E-state index contributed by atoms with van der Waals surface area (Å²) in [5.41, 5.74) is 7.28. The lowest BCUT2D eigenvalue weighted by Crippen LogP contribution is -2.19. The molecule has 1 atom stereocenters. The van der Waals surface area contributed by atoms with Crippen molar-refractivity contribution in [1.82, 2.24) is 14.8 Å². The molecule has 0 bridgehead atoms. The summed E-state index contributed by atoms with van der Waals surface area (Å²) in [7, 11) is 0. The molecule has 3 rings (SSSR count). The van der Waals surface area contributed by atoms with Gasteiger partial charge >= 0.3 is 0 Å². The van der Waals surface area contributed by atoms with Crippen LogP contribution >= 0.6 is 11.8 Å². The maximum absolute atomic E-state index is 12.5. The van der Waals surface area contributed by atoms with Crippen LogP contribution in [0.4, 0.5) is 5.69 Å². The molecule has 1 aromatic heterocycles. The monoisotopic (exact) mass is 467 g/mol. The van der Waals surface area contributed by atoms with E-state index in [0.717, 1.165) is 5.75 Å². The highest BCUT2D eigenvalue weighted by atomic mass is 32.2. The number of nitrogens with zero attached hydrogens (tertiary/aromatic N) is 3.